The molecule has 2 aliphatic heterocycles. The third kappa shape index (κ3) is 3.62. The molecule has 2 unspecified atom stereocenters. The lowest BCUT2D eigenvalue weighted by Gasteiger charge is -2.49. The standard InChI is InChI=1S/C15H17N5O5S2/c1-3-25-19-9(7-5-26-15(16)17-7)11(21)18-10-12(22)20-8(14(23)24)4-6(2)27-13(10)20/h4-6,10,13H,3H2,1-2H3,(H2,16,17)(H,18,21)(H,23,24)/t6?,10?,13-/m1/s1. The lowest BCUT2D eigenvalue weighted by molar-refractivity contribution is -0.150. The van der Waals surface area contributed by atoms with Crippen LogP contribution in [0.2, 0.25) is 0 Å². The first-order valence-electron chi connectivity index (χ1n) is 7.99. The summed E-state index contributed by atoms with van der Waals surface area (Å²) in [5, 5.41) is 16.9. The first-order valence-corrected chi connectivity index (χ1v) is 9.81. The smallest absolute Gasteiger partial charge is 0.352 e. The number of β-lactam (4-membered cyclic amide) rings is 1. The minimum atomic E-state index is -1.18. The molecule has 2 aliphatic rings. The van der Waals surface area contributed by atoms with E-state index >= 15 is 0 Å². The number of carbonyl (C=O) groups is 3. The Bertz CT molecular complexity index is 851. The Kier molecular flexibility index (Phi) is 5.37. The second kappa shape index (κ2) is 7.56. The first-order chi connectivity index (χ1) is 12.8. The SMILES string of the molecule is CCON=C(C(=O)NC1C(=O)N2C(C(=O)O)=CC(C)S[C@H]12)c1csc(N)n1. The lowest BCUT2D eigenvalue weighted by Crippen LogP contribution is -2.71. The molecule has 0 aromatic carbocycles. The fraction of sp³-hybridized carbons (Fsp3) is 0.400. The summed E-state index contributed by atoms with van der Waals surface area (Å²) < 4.78 is 0. The van der Waals surface area contributed by atoms with Crippen LogP contribution in [-0.2, 0) is 19.2 Å². The van der Waals surface area contributed by atoms with Crippen molar-refractivity contribution in [1.82, 2.24) is 15.2 Å². The average molecular weight is 411 g/mol. The lowest BCUT2D eigenvalue weighted by atomic mass is 10.0. The number of hydrogen-bond acceptors (Lipinski definition) is 9. The molecule has 144 valence electrons. The van der Waals surface area contributed by atoms with Crippen molar-refractivity contribution in [2.75, 3.05) is 12.3 Å². The molecule has 1 aromatic heterocycles. The highest BCUT2D eigenvalue weighted by Crippen LogP contribution is 2.40. The molecule has 12 heteroatoms. The minimum Gasteiger partial charge on any atom is -0.477 e. The number of rotatable bonds is 6. The number of fused-ring (bicyclic) bond motifs is 1. The molecule has 2 amide bonds. The molecule has 0 saturated carbocycles. The molecule has 0 bridgehead atoms. The number of hydrogen-bond donors (Lipinski definition) is 3. The highest BCUT2D eigenvalue weighted by Gasteiger charge is 2.54. The monoisotopic (exact) mass is 411 g/mol. The zero-order valence-corrected chi connectivity index (χ0v) is 16.0. The maximum atomic E-state index is 12.7. The van der Waals surface area contributed by atoms with Crippen LogP contribution in [0.1, 0.15) is 19.5 Å². The topological polar surface area (TPSA) is 147 Å². The third-order valence-corrected chi connectivity index (χ3v) is 5.82. The van der Waals surface area contributed by atoms with E-state index in [1.54, 1.807) is 12.3 Å². The fourth-order valence-corrected chi connectivity index (χ4v) is 4.54. The number of oxime groups is 1. The zero-order valence-electron chi connectivity index (χ0n) is 14.4. The van der Waals surface area contributed by atoms with Crippen LogP contribution >= 0.6 is 23.1 Å². The van der Waals surface area contributed by atoms with Crippen LogP contribution in [0, 0.1) is 0 Å². The second-order valence-corrected chi connectivity index (χ2v) is 8.07. The number of anilines is 1. The van der Waals surface area contributed by atoms with E-state index < -0.39 is 29.2 Å². The van der Waals surface area contributed by atoms with Crippen molar-refractivity contribution >= 4 is 51.7 Å². The molecule has 27 heavy (non-hydrogen) atoms. The fourth-order valence-electron chi connectivity index (χ4n) is 2.67. The molecule has 1 aromatic rings. The molecular formula is C15H17N5O5S2. The van der Waals surface area contributed by atoms with E-state index in [9.17, 15) is 19.5 Å². The summed E-state index contributed by atoms with van der Waals surface area (Å²) in [6.07, 6.45) is 1.51. The molecule has 3 rings (SSSR count). The van der Waals surface area contributed by atoms with Gasteiger partial charge in [-0.05, 0) is 19.9 Å². The highest BCUT2D eigenvalue weighted by molar-refractivity contribution is 8.00. The highest BCUT2D eigenvalue weighted by atomic mass is 32.2. The summed E-state index contributed by atoms with van der Waals surface area (Å²) in [5.74, 6) is -2.32. The molecule has 1 saturated heterocycles. The summed E-state index contributed by atoms with van der Waals surface area (Å²) in [6.45, 7) is 3.78. The van der Waals surface area contributed by atoms with Gasteiger partial charge in [0, 0.05) is 10.6 Å². The van der Waals surface area contributed by atoms with E-state index in [0.29, 0.717) is 0 Å². The number of carboxylic acid groups (broad SMARTS) is 1. The minimum absolute atomic E-state index is 0.0720. The van der Waals surface area contributed by atoms with Crippen LogP contribution in [0.5, 0.6) is 0 Å². The van der Waals surface area contributed by atoms with Gasteiger partial charge in [0.2, 0.25) is 0 Å². The number of nitrogens with zero attached hydrogens (tertiary/aromatic N) is 3. The number of nitrogen functional groups attached to an aromatic ring is 1. The van der Waals surface area contributed by atoms with E-state index in [2.05, 4.69) is 15.5 Å². The van der Waals surface area contributed by atoms with Gasteiger partial charge >= 0.3 is 5.97 Å². The van der Waals surface area contributed by atoms with Crippen molar-refractivity contribution < 1.29 is 24.3 Å². The number of amides is 2. The Morgan fingerprint density at radius 1 is 1.52 bits per heavy atom. The van der Waals surface area contributed by atoms with Crippen LogP contribution in [-0.4, -0.2) is 61.8 Å². The molecule has 0 aliphatic carbocycles. The largest absolute Gasteiger partial charge is 0.477 e. The van der Waals surface area contributed by atoms with Crippen molar-refractivity contribution in [3.05, 3.63) is 22.8 Å². The van der Waals surface area contributed by atoms with Gasteiger partial charge in [-0.15, -0.1) is 23.1 Å². The van der Waals surface area contributed by atoms with Crippen LogP contribution in [0.3, 0.4) is 0 Å². The number of nitrogens with two attached hydrogens (primary N) is 1. The van der Waals surface area contributed by atoms with Crippen LogP contribution < -0.4 is 11.1 Å². The average Bonchev–Trinajstić information content (AvgIpc) is 3.05. The van der Waals surface area contributed by atoms with Crippen LogP contribution in [0.15, 0.2) is 22.3 Å². The van der Waals surface area contributed by atoms with Crippen molar-refractivity contribution in [3.8, 4) is 0 Å². The Balaban J connectivity index is 1.78. The number of aromatic nitrogens is 1. The maximum absolute atomic E-state index is 12.7. The van der Waals surface area contributed by atoms with Gasteiger partial charge in [-0.25, -0.2) is 9.78 Å². The van der Waals surface area contributed by atoms with Crippen molar-refractivity contribution in [1.29, 1.82) is 0 Å². The number of carboxylic acids is 1. The molecule has 10 nitrogen and oxygen atoms in total. The third-order valence-electron chi connectivity index (χ3n) is 3.82. The molecular weight excluding hydrogens is 394 g/mol. The summed E-state index contributed by atoms with van der Waals surface area (Å²) in [5.41, 5.74) is 5.67. The van der Waals surface area contributed by atoms with E-state index in [-0.39, 0.29) is 34.1 Å². The zero-order chi connectivity index (χ0) is 19.7. The van der Waals surface area contributed by atoms with Crippen molar-refractivity contribution in [3.63, 3.8) is 0 Å². The Hall–Kier alpha value is -2.60. The Morgan fingerprint density at radius 2 is 2.26 bits per heavy atom. The van der Waals surface area contributed by atoms with Crippen molar-refractivity contribution in [2.45, 2.75) is 30.5 Å². The van der Waals surface area contributed by atoms with Gasteiger partial charge in [0.05, 0.1) is 0 Å². The number of thioether (sulfide) groups is 1. The maximum Gasteiger partial charge on any atom is 0.352 e. The predicted octanol–water partition coefficient (Wildman–Crippen LogP) is 0.223. The van der Waals surface area contributed by atoms with Gasteiger partial charge in [0.1, 0.15) is 29.4 Å². The quantitative estimate of drug-likeness (QED) is 0.342. The summed E-state index contributed by atoms with van der Waals surface area (Å²) in [7, 11) is 0. The van der Waals surface area contributed by atoms with Crippen LogP contribution in [0.4, 0.5) is 5.13 Å². The van der Waals surface area contributed by atoms with E-state index in [1.807, 2.05) is 6.92 Å². The summed E-state index contributed by atoms with van der Waals surface area (Å²) in [4.78, 5) is 46.6. The molecule has 0 radical (unpaired) electrons. The molecule has 3 atom stereocenters. The number of carbonyl (C=O) groups excluding carboxylic acids is 2. The summed E-state index contributed by atoms with van der Waals surface area (Å²) in [6, 6.07) is -0.865. The van der Waals surface area contributed by atoms with Gasteiger partial charge in [-0.1, -0.05) is 5.16 Å². The molecule has 0 spiro atoms. The number of nitrogens with one attached hydrogen (secondary N) is 1. The van der Waals surface area contributed by atoms with E-state index in [4.69, 9.17) is 10.6 Å². The van der Waals surface area contributed by atoms with Gasteiger partial charge in [-0.2, -0.15) is 0 Å². The number of thiazole rings is 1. The Morgan fingerprint density at radius 3 is 2.85 bits per heavy atom. The van der Waals surface area contributed by atoms with Gasteiger partial charge in [0.15, 0.2) is 10.8 Å². The molecule has 3 heterocycles. The predicted molar refractivity (Wildman–Crippen MR) is 100 cm³/mol. The normalized spacial score (nSPS) is 24.6. The summed E-state index contributed by atoms with van der Waals surface area (Å²) >= 11 is 2.53. The second-order valence-electron chi connectivity index (χ2n) is 5.68. The molecule has 4 N–H and O–H groups in total. The first kappa shape index (κ1) is 19.2. The Labute approximate surface area is 162 Å². The molecule has 1 fully saturated rings. The van der Waals surface area contributed by atoms with Crippen molar-refractivity contribution in [2.24, 2.45) is 5.16 Å². The van der Waals surface area contributed by atoms with E-state index in [1.165, 1.54) is 22.7 Å². The van der Waals surface area contributed by atoms with Crippen LogP contribution in [0.25, 0.3) is 0 Å². The van der Waals surface area contributed by atoms with Gasteiger partial charge in [0.25, 0.3) is 11.8 Å². The van der Waals surface area contributed by atoms with Gasteiger partial charge in [-0.3, -0.25) is 14.5 Å². The van der Waals surface area contributed by atoms with Gasteiger partial charge < -0.3 is 21.0 Å². The number of aliphatic carboxylic acids is 1. The van der Waals surface area contributed by atoms with E-state index in [0.717, 1.165) is 11.3 Å².